The molecule has 1 N–H and O–H groups in total. The van der Waals surface area contributed by atoms with E-state index in [9.17, 15) is 4.79 Å². The van der Waals surface area contributed by atoms with Crippen molar-refractivity contribution in [3.05, 3.63) is 59.7 Å². The molecule has 5 heteroatoms. The highest BCUT2D eigenvalue weighted by Gasteiger charge is 2.45. The average molecular weight is 409 g/mol. The van der Waals surface area contributed by atoms with Crippen LogP contribution in [0.15, 0.2) is 48.5 Å². The third-order valence-corrected chi connectivity index (χ3v) is 6.23. The van der Waals surface area contributed by atoms with E-state index in [4.69, 9.17) is 9.47 Å². The summed E-state index contributed by atoms with van der Waals surface area (Å²) >= 11 is 0. The zero-order valence-corrected chi connectivity index (χ0v) is 18.0. The van der Waals surface area contributed by atoms with Gasteiger partial charge in [0.15, 0.2) is 0 Å². The van der Waals surface area contributed by atoms with Crippen molar-refractivity contribution in [3.63, 3.8) is 0 Å². The molecule has 0 aromatic heterocycles. The van der Waals surface area contributed by atoms with Crippen molar-refractivity contribution >= 4 is 11.6 Å². The quantitative estimate of drug-likeness (QED) is 0.612. The van der Waals surface area contributed by atoms with Gasteiger partial charge < -0.3 is 19.7 Å². The van der Waals surface area contributed by atoms with Crippen LogP contribution in [0.5, 0.6) is 5.75 Å². The minimum absolute atomic E-state index is 0.0602. The number of carbonyl (C=O) groups excluding carboxylic acids is 1. The van der Waals surface area contributed by atoms with E-state index >= 15 is 0 Å². The second-order valence-corrected chi connectivity index (χ2v) is 8.16. The van der Waals surface area contributed by atoms with Crippen LogP contribution in [-0.2, 0) is 10.4 Å². The molecule has 2 heterocycles. The molecule has 2 aromatic rings. The summed E-state index contributed by atoms with van der Waals surface area (Å²) in [6, 6.07) is 16.0. The van der Waals surface area contributed by atoms with E-state index in [1.54, 1.807) is 0 Å². The summed E-state index contributed by atoms with van der Waals surface area (Å²) < 4.78 is 11.7. The van der Waals surface area contributed by atoms with Crippen LogP contribution in [0.25, 0.3) is 0 Å². The number of amides is 1. The molecule has 2 atom stereocenters. The van der Waals surface area contributed by atoms with E-state index in [1.165, 1.54) is 0 Å². The molecule has 1 fully saturated rings. The molecular formula is C25H32N2O3. The predicted octanol–water partition coefficient (Wildman–Crippen LogP) is 5.18. The van der Waals surface area contributed by atoms with Crippen LogP contribution in [0.3, 0.4) is 0 Å². The molecule has 0 saturated carbocycles. The summed E-state index contributed by atoms with van der Waals surface area (Å²) in [7, 11) is 0. The van der Waals surface area contributed by atoms with Crippen molar-refractivity contribution in [2.75, 3.05) is 25.1 Å². The largest absolute Gasteiger partial charge is 0.494 e. The highest BCUT2D eigenvalue weighted by Crippen LogP contribution is 2.41. The summed E-state index contributed by atoms with van der Waals surface area (Å²) in [4.78, 5) is 15.6. The van der Waals surface area contributed by atoms with Gasteiger partial charge in [0.25, 0.3) is 5.91 Å². The van der Waals surface area contributed by atoms with E-state index < -0.39 is 5.66 Å². The monoisotopic (exact) mass is 408 g/mol. The Kier molecular flexibility index (Phi) is 6.28. The van der Waals surface area contributed by atoms with Crippen molar-refractivity contribution < 1.29 is 14.3 Å². The van der Waals surface area contributed by atoms with Gasteiger partial charge in [-0.05, 0) is 55.5 Å². The van der Waals surface area contributed by atoms with Gasteiger partial charge in [0.2, 0.25) is 0 Å². The van der Waals surface area contributed by atoms with E-state index in [0.717, 1.165) is 67.9 Å². The zero-order valence-electron chi connectivity index (χ0n) is 18.0. The Labute approximate surface area is 179 Å². The Hall–Kier alpha value is -2.53. The van der Waals surface area contributed by atoms with Crippen LogP contribution in [0, 0.1) is 0 Å². The first-order chi connectivity index (χ1) is 14.7. The summed E-state index contributed by atoms with van der Waals surface area (Å²) in [6.07, 6.45) is 5.04. The Balaban J connectivity index is 1.69. The van der Waals surface area contributed by atoms with Gasteiger partial charge in [-0.15, -0.1) is 0 Å². The van der Waals surface area contributed by atoms with Gasteiger partial charge in [-0.2, -0.15) is 0 Å². The Morgan fingerprint density at radius 2 is 1.97 bits per heavy atom. The van der Waals surface area contributed by atoms with Gasteiger partial charge in [0.05, 0.1) is 18.3 Å². The molecule has 160 valence electrons. The molecule has 0 spiro atoms. The first-order valence-electron chi connectivity index (χ1n) is 11.2. The highest BCUT2D eigenvalue weighted by molar-refractivity contribution is 6.02. The molecule has 0 aliphatic carbocycles. The maximum atomic E-state index is 13.6. The van der Waals surface area contributed by atoms with Gasteiger partial charge in [-0.3, -0.25) is 4.79 Å². The van der Waals surface area contributed by atoms with Crippen molar-refractivity contribution in [1.29, 1.82) is 0 Å². The number of nitrogens with one attached hydrogen (secondary N) is 1. The number of anilines is 1. The van der Waals surface area contributed by atoms with E-state index in [1.807, 2.05) is 41.3 Å². The van der Waals surface area contributed by atoms with Crippen LogP contribution in [0.2, 0.25) is 0 Å². The van der Waals surface area contributed by atoms with Crippen LogP contribution >= 0.6 is 0 Å². The fraction of sp³-hybridized carbons (Fsp3) is 0.480. The molecule has 0 radical (unpaired) electrons. The number of unbranched alkanes of at least 4 members (excludes halogenated alkanes) is 1. The number of rotatable bonds is 8. The smallest absolute Gasteiger partial charge is 0.258 e. The van der Waals surface area contributed by atoms with Gasteiger partial charge in [-0.25, -0.2) is 0 Å². The van der Waals surface area contributed by atoms with Crippen molar-refractivity contribution in [2.45, 2.75) is 57.7 Å². The Morgan fingerprint density at radius 1 is 1.17 bits per heavy atom. The van der Waals surface area contributed by atoms with Crippen LogP contribution < -0.4 is 10.1 Å². The van der Waals surface area contributed by atoms with E-state index in [2.05, 4.69) is 31.3 Å². The van der Waals surface area contributed by atoms with Crippen LogP contribution in [0.4, 0.5) is 5.69 Å². The molecule has 0 bridgehead atoms. The summed E-state index contributed by atoms with van der Waals surface area (Å²) in [5, 5.41) is 3.71. The lowest BCUT2D eigenvalue weighted by Crippen LogP contribution is -2.59. The average Bonchev–Trinajstić information content (AvgIpc) is 3.30. The van der Waals surface area contributed by atoms with Crippen molar-refractivity contribution in [3.8, 4) is 5.75 Å². The van der Waals surface area contributed by atoms with Gasteiger partial charge in [0.1, 0.15) is 11.4 Å². The molecular weight excluding hydrogens is 376 g/mol. The normalized spacial score (nSPS) is 23.2. The summed E-state index contributed by atoms with van der Waals surface area (Å²) in [6.45, 7) is 6.37. The third kappa shape index (κ3) is 3.91. The molecule has 2 aliphatic rings. The van der Waals surface area contributed by atoms with Gasteiger partial charge in [0, 0.05) is 18.8 Å². The van der Waals surface area contributed by atoms with Crippen LogP contribution in [-0.4, -0.2) is 36.7 Å². The third-order valence-electron chi connectivity index (χ3n) is 6.23. The lowest BCUT2D eigenvalue weighted by atomic mass is 9.89. The van der Waals surface area contributed by atoms with Crippen molar-refractivity contribution in [1.82, 2.24) is 4.90 Å². The number of nitrogens with zero attached hydrogens (tertiary/aromatic N) is 1. The number of benzene rings is 2. The molecule has 2 aliphatic heterocycles. The van der Waals surface area contributed by atoms with Crippen molar-refractivity contribution in [2.24, 2.45) is 0 Å². The molecule has 5 nitrogen and oxygen atoms in total. The fourth-order valence-corrected chi connectivity index (χ4v) is 4.49. The number of hydrogen-bond acceptors (Lipinski definition) is 4. The molecule has 30 heavy (non-hydrogen) atoms. The minimum Gasteiger partial charge on any atom is -0.494 e. The summed E-state index contributed by atoms with van der Waals surface area (Å²) in [5.74, 6) is 0.927. The molecule has 4 rings (SSSR count). The van der Waals surface area contributed by atoms with Gasteiger partial charge >= 0.3 is 0 Å². The predicted molar refractivity (Wildman–Crippen MR) is 119 cm³/mol. The summed E-state index contributed by atoms with van der Waals surface area (Å²) in [5.41, 5.74) is 2.06. The lowest BCUT2D eigenvalue weighted by Gasteiger charge is -2.49. The minimum atomic E-state index is -0.612. The van der Waals surface area contributed by atoms with E-state index in [0.29, 0.717) is 6.54 Å². The fourth-order valence-electron chi connectivity index (χ4n) is 4.49. The first kappa shape index (κ1) is 20.7. The number of fused-ring (bicyclic) bond motifs is 1. The topological polar surface area (TPSA) is 50.8 Å². The maximum Gasteiger partial charge on any atom is 0.258 e. The van der Waals surface area contributed by atoms with Crippen LogP contribution in [0.1, 0.15) is 61.9 Å². The standard InChI is InChI=1S/C25H32N2O3/c1-3-5-16-29-20-14-12-19(13-15-20)25(4-2)26-23-11-7-6-10-22(23)24(28)27(25)18-21-9-8-17-30-21/h6-7,10-15,21,26H,3-5,8-9,16-18H2,1-2H3. The zero-order chi connectivity index (χ0) is 21.0. The van der Waals surface area contributed by atoms with Gasteiger partial charge in [-0.1, -0.05) is 44.5 Å². The Morgan fingerprint density at radius 3 is 2.67 bits per heavy atom. The SMILES string of the molecule is CCCCOc1ccc(C2(CC)Nc3ccccc3C(=O)N2CC2CCCO2)cc1. The lowest BCUT2D eigenvalue weighted by molar-refractivity contribution is 0.0187. The number of para-hydroxylation sites is 1. The Bertz CT molecular complexity index is 861. The number of ether oxygens (including phenoxy) is 2. The molecule has 1 amide bonds. The molecule has 2 aromatic carbocycles. The number of carbonyl (C=O) groups is 1. The molecule has 2 unspecified atom stereocenters. The second-order valence-electron chi connectivity index (χ2n) is 8.16. The second kappa shape index (κ2) is 9.09. The maximum absolute atomic E-state index is 13.6. The number of hydrogen-bond donors (Lipinski definition) is 1. The van der Waals surface area contributed by atoms with E-state index in [-0.39, 0.29) is 12.0 Å². The first-order valence-corrected chi connectivity index (χ1v) is 11.2. The highest BCUT2D eigenvalue weighted by atomic mass is 16.5. The molecule has 1 saturated heterocycles.